The highest BCUT2D eigenvalue weighted by Gasteiger charge is 2.37. The molecule has 110 valence electrons. The number of hydrogen-bond donors (Lipinski definition) is 1. The van der Waals surface area contributed by atoms with Gasteiger partial charge in [0.05, 0.1) is 13.0 Å². The van der Waals surface area contributed by atoms with E-state index in [0.717, 1.165) is 17.9 Å². The highest BCUT2D eigenvalue weighted by Crippen LogP contribution is 2.35. The lowest BCUT2D eigenvalue weighted by Crippen LogP contribution is -2.26. The van der Waals surface area contributed by atoms with Crippen LogP contribution < -0.4 is 4.74 Å². The quantitative estimate of drug-likeness (QED) is 0.919. The van der Waals surface area contributed by atoms with Gasteiger partial charge in [-0.05, 0) is 25.8 Å². The van der Waals surface area contributed by atoms with Crippen molar-refractivity contribution in [2.45, 2.75) is 26.8 Å². The van der Waals surface area contributed by atoms with Gasteiger partial charge in [-0.3, -0.25) is 9.69 Å². The normalized spacial score (nSPS) is 24.6. The van der Waals surface area contributed by atoms with Crippen molar-refractivity contribution in [2.75, 3.05) is 20.2 Å². The van der Waals surface area contributed by atoms with Crippen LogP contribution in [-0.4, -0.2) is 36.2 Å². The van der Waals surface area contributed by atoms with Crippen LogP contribution in [0.25, 0.3) is 0 Å². The van der Waals surface area contributed by atoms with Gasteiger partial charge in [-0.1, -0.05) is 24.6 Å². The average molecular weight is 277 g/mol. The summed E-state index contributed by atoms with van der Waals surface area (Å²) >= 11 is 0. The summed E-state index contributed by atoms with van der Waals surface area (Å²) in [6.07, 6.45) is 0. The standard InChI is InChI=1S/C16H23NO3/c1-10-5-6-15(20-4)13(7-10)12(3)17-8-11(2)14(9-17)16(18)19/h5-7,11-12,14H,8-9H2,1-4H3,(H,18,19). The van der Waals surface area contributed by atoms with Crippen molar-refractivity contribution in [3.8, 4) is 5.75 Å². The molecule has 0 amide bonds. The van der Waals surface area contributed by atoms with Crippen LogP contribution in [0.4, 0.5) is 0 Å². The third kappa shape index (κ3) is 2.80. The maximum Gasteiger partial charge on any atom is 0.308 e. The van der Waals surface area contributed by atoms with Gasteiger partial charge in [-0.15, -0.1) is 0 Å². The van der Waals surface area contributed by atoms with Gasteiger partial charge in [-0.2, -0.15) is 0 Å². The van der Waals surface area contributed by atoms with Gasteiger partial charge in [-0.25, -0.2) is 0 Å². The Morgan fingerprint density at radius 1 is 1.45 bits per heavy atom. The molecular formula is C16H23NO3. The molecule has 20 heavy (non-hydrogen) atoms. The maximum atomic E-state index is 11.2. The van der Waals surface area contributed by atoms with Crippen molar-refractivity contribution in [1.82, 2.24) is 4.90 Å². The number of nitrogens with zero attached hydrogens (tertiary/aromatic N) is 1. The Labute approximate surface area is 120 Å². The fraction of sp³-hybridized carbons (Fsp3) is 0.562. The number of carboxylic acid groups (broad SMARTS) is 1. The molecule has 4 nitrogen and oxygen atoms in total. The molecule has 1 heterocycles. The van der Waals surface area contributed by atoms with Crippen molar-refractivity contribution in [1.29, 1.82) is 0 Å². The zero-order chi connectivity index (χ0) is 14.9. The number of carboxylic acids is 1. The number of aryl methyl sites for hydroxylation is 1. The number of hydrogen-bond acceptors (Lipinski definition) is 3. The van der Waals surface area contributed by atoms with E-state index >= 15 is 0 Å². The molecule has 1 aliphatic heterocycles. The third-order valence-electron chi connectivity index (χ3n) is 4.34. The van der Waals surface area contributed by atoms with E-state index < -0.39 is 5.97 Å². The monoisotopic (exact) mass is 277 g/mol. The molecule has 0 saturated carbocycles. The molecule has 4 heteroatoms. The van der Waals surface area contributed by atoms with E-state index in [-0.39, 0.29) is 17.9 Å². The first kappa shape index (κ1) is 14.9. The van der Waals surface area contributed by atoms with Crippen molar-refractivity contribution in [2.24, 2.45) is 11.8 Å². The van der Waals surface area contributed by atoms with Crippen LogP contribution in [0.1, 0.15) is 31.0 Å². The molecule has 1 aromatic carbocycles. The van der Waals surface area contributed by atoms with E-state index in [2.05, 4.69) is 24.8 Å². The molecule has 0 aliphatic carbocycles. The summed E-state index contributed by atoms with van der Waals surface area (Å²) < 4.78 is 5.44. The zero-order valence-electron chi connectivity index (χ0n) is 12.6. The van der Waals surface area contributed by atoms with Crippen molar-refractivity contribution in [3.05, 3.63) is 29.3 Å². The molecule has 2 rings (SSSR count). The Balaban J connectivity index is 2.22. The van der Waals surface area contributed by atoms with Crippen LogP contribution in [0.15, 0.2) is 18.2 Å². The number of ether oxygens (including phenoxy) is 1. The van der Waals surface area contributed by atoms with E-state index in [1.165, 1.54) is 5.56 Å². The molecule has 3 unspecified atom stereocenters. The predicted octanol–water partition coefficient (Wildman–Crippen LogP) is 2.72. The van der Waals surface area contributed by atoms with Crippen molar-refractivity contribution < 1.29 is 14.6 Å². The molecular weight excluding hydrogens is 254 g/mol. The lowest BCUT2D eigenvalue weighted by molar-refractivity contribution is -0.142. The second kappa shape index (κ2) is 5.83. The lowest BCUT2D eigenvalue weighted by atomic mass is 9.99. The largest absolute Gasteiger partial charge is 0.496 e. The Morgan fingerprint density at radius 2 is 2.15 bits per heavy atom. The Kier molecular flexibility index (Phi) is 4.33. The second-order valence-electron chi connectivity index (χ2n) is 5.80. The zero-order valence-corrected chi connectivity index (χ0v) is 12.6. The highest BCUT2D eigenvalue weighted by molar-refractivity contribution is 5.71. The number of rotatable bonds is 4. The third-order valence-corrected chi connectivity index (χ3v) is 4.34. The summed E-state index contributed by atoms with van der Waals surface area (Å²) in [6.45, 7) is 7.61. The first-order valence-electron chi connectivity index (χ1n) is 7.05. The van der Waals surface area contributed by atoms with Crippen LogP contribution in [-0.2, 0) is 4.79 Å². The summed E-state index contributed by atoms with van der Waals surface area (Å²) in [5.41, 5.74) is 2.32. The van der Waals surface area contributed by atoms with Crippen LogP contribution in [0.5, 0.6) is 5.75 Å². The van der Waals surface area contributed by atoms with E-state index in [0.29, 0.717) is 6.54 Å². The molecule has 1 saturated heterocycles. The van der Waals surface area contributed by atoms with Crippen LogP contribution >= 0.6 is 0 Å². The minimum atomic E-state index is -0.691. The fourth-order valence-electron chi connectivity index (χ4n) is 3.02. The smallest absolute Gasteiger partial charge is 0.308 e. The summed E-state index contributed by atoms with van der Waals surface area (Å²) in [4.78, 5) is 13.5. The van der Waals surface area contributed by atoms with Gasteiger partial charge in [0, 0.05) is 24.7 Å². The minimum Gasteiger partial charge on any atom is -0.496 e. The molecule has 0 aromatic heterocycles. The first-order valence-corrected chi connectivity index (χ1v) is 7.05. The predicted molar refractivity (Wildman–Crippen MR) is 78.0 cm³/mol. The molecule has 0 bridgehead atoms. The number of methoxy groups -OCH3 is 1. The Morgan fingerprint density at radius 3 is 2.70 bits per heavy atom. The second-order valence-corrected chi connectivity index (χ2v) is 5.80. The number of aliphatic carboxylic acids is 1. The summed E-state index contributed by atoms with van der Waals surface area (Å²) in [5, 5.41) is 9.25. The van der Waals surface area contributed by atoms with Crippen LogP contribution in [0.3, 0.4) is 0 Å². The number of likely N-dealkylation sites (tertiary alicyclic amines) is 1. The topological polar surface area (TPSA) is 49.8 Å². The molecule has 3 atom stereocenters. The fourth-order valence-corrected chi connectivity index (χ4v) is 3.02. The summed E-state index contributed by atoms with van der Waals surface area (Å²) in [5.74, 6) is 0.0944. The summed E-state index contributed by atoms with van der Waals surface area (Å²) in [6, 6.07) is 6.30. The SMILES string of the molecule is COc1ccc(C)cc1C(C)N1CC(C)C(C(=O)O)C1. The van der Waals surface area contributed by atoms with Gasteiger partial charge in [0.15, 0.2) is 0 Å². The lowest BCUT2D eigenvalue weighted by Gasteiger charge is -2.26. The van der Waals surface area contributed by atoms with Crippen molar-refractivity contribution >= 4 is 5.97 Å². The molecule has 0 radical (unpaired) electrons. The molecule has 1 aliphatic rings. The van der Waals surface area contributed by atoms with Gasteiger partial charge >= 0.3 is 5.97 Å². The molecule has 0 spiro atoms. The average Bonchev–Trinajstić information content (AvgIpc) is 2.80. The summed E-state index contributed by atoms with van der Waals surface area (Å²) in [7, 11) is 1.67. The van der Waals surface area contributed by atoms with Gasteiger partial charge in [0.2, 0.25) is 0 Å². The van der Waals surface area contributed by atoms with Crippen LogP contribution in [0.2, 0.25) is 0 Å². The Hall–Kier alpha value is -1.55. The minimum absolute atomic E-state index is 0.164. The van der Waals surface area contributed by atoms with Crippen LogP contribution in [0, 0.1) is 18.8 Å². The van der Waals surface area contributed by atoms with E-state index in [1.54, 1.807) is 7.11 Å². The molecule has 1 N–H and O–H groups in total. The Bertz CT molecular complexity index is 500. The van der Waals surface area contributed by atoms with E-state index in [4.69, 9.17) is 4.74 Å². The van der Waals surface area contributed by atoms with Crippen molar-refractivity contribution in [3.63, 3.8) is 0 Å². The highest BCUT2D eigenvalue weighted by atomic mass is 16.5. The first-order chi connectivity index (χ1) is 9.43. The van der Waals surface area contributed by atoms with E-state index in [9.17, 15) is 9.90 Å². The van der Waals surface area contributed by atoms with Gasteiger partial charge in [0.1, 0.15) is 5.75 Å². The number of benzene rings is 1. The van der Waals surface area contributed by atoms with Gasteiger partial charge < -0.3 is 9.84 Å². The number of carbonyl (C=O) groups is 1. The molecule has 1 aromatic rings. The maximum absolute atomic E-state index is 11.2. The van der Waals surface area contributed by atoms with E-state index in [1.807, 2.05) is 19.1 Å². The van der Waals surface area contributed by atoms with Gasteiger partial charge in [0.25, 0.3) is 0 Å². The molecule has 1 fully saturated rings.